The minimum atomic E-state index is -0.785. The third-order valence-electron chi connectivity index (χ3n) is 0.648. The first kappa shape index (κ1) is 7.81. The lowest BCUT2D eigenvalue weighted by molar-refractivity contribution is 0.101. The standard InChI is InChI=1S/C4H9NO2S/c5-4(8)1-3(7)2-6/h3,6-7H,1-2H2,(H2,5,8). The average Bonchev–Trinajstić information content (AvgIpc) is 1.65. The Labute approximate surface area is 53.1 Å². The van der Waals surface area contributed by atoms with Crippen LogP contribution in [0.5, 0.6) is 0 Å². The second kappa shape index (κ2) is 3.77. The highest BCUT2D eigenvalue weighted by molar-refractivity contribution is 7.80. The summed E-state index contributed by atoms with van der Waals surface area (Å²) >= 11 is 4.44. The molecule has 0 saturated carbocycles. The van der Waals surface area contributed by atoms with Crippen molar-refractivity contribution in [3.8, 4) is 0 Å². The van der Waals surface area contributed by atoms with Crippen molar-refractivity contribution in [3.05, 3.63) is 0 Å². The Morgan fingerprint density at radius 1 is 1.75 bits per heavy atom. The molecular formula is C4H9NO2S. The van der Waals surface area contributed by atoms with Crippen LogP contribution in [0.1, 0.15) is 6.42 Å². The largest absolute Gasteiger partial charge is 0.394 e. The number of aliphatic hydroxyl groups excluding tert-OH is 2. The van der Waals surface area contributed by atoms with Crippen LogP contribution < -0.4 is 5.73 Å². The van der Waals surface area contributed by atoms with Gasteiger partial charge in [0.1, 0.15) is 0 Å². The van der Waals surface area contributed by atoms with E-state index in [1.54, 1.807) is 0 Å². The number of rotatable bonds is 3. The molecule has 0 spiro atoms. The molecule has 0 fully saturated rings. The van der Waals surface area contributed by atoms with E-state index in [0.29, 0.717) is 0 Å². The van der Waals surface area contributed by atoms with Gasteiger partial charge in [0.05, 0.1) is 17.7 Å². The fourth-order valence-electron chi connectivity index (χ4n) is 0.297. The third kappa shape index (κ3) is 3.98. The zero-order valence-electron chi connectivity index (χ0n) is 4.37. The molecule has 4 heteroatoms. The second-order valence-corrected chi connectivity index (χ2v) is 2.03. The second-order valence-electron chi connectivity index (χ2n) is 1.51. The van der Waals surface area contributed by atoms with Crippen LogP contribution in [0.2, 0.25) is 0 Å². The van der Waals surface area contributed by atoms with Crippen LogP contribution in [0.4, 0.5) is 0 Å². The SMILES string of the molecule is NC(=S)CC(O)CO. The van der Waals surface area contributed by atoms with Crippen LogP contribution in [-0.2, 0) is 0 Å². The van der Waals surface area contributed by atoms with E-state index < -0.39 is 6.10 Å². The summed E-state index contributed by atoms with van der Waals surface area (Å²) < 4.78 is 0. The van der Waals surface area contributed by atoms with Crippen molar-refractivity contribution in [1.82, 2.24) is 0 Å². The fourth-order valence-corrected chi connectivity index (χ4v) is 0.489. The smallest absolute Gasteiger partial charge is 0.0833 e. The molecule has 1 unspecified atom stereocenters. The highest BCUT2D eigenvalue weighted by Gasteiger charge is 2.01. The molecule has 0 aliphatic heterocycles. The molecule has 0 heterocycles. The van der Waals surface area contributed by atoms with Crippen molar-refractivity contribution in [3.63, 3.8) is 0 Å². The number of nitrogens with two attached hydrogens (primary N) is 1. The normalized spacial score (nSPS) is 13.2. The van der Waals surface area contributed by atoms with E-state index in [4.69, 9.17) is 15.9 Å². The van der Waals surface area contributed by atoms with Gasteiger partial charge in [-0.15, -0.1) is 0 Å². The summed E-state index contributed by atoms with van der Waals surface area (Å²) in [7, 11) is 0. The first-order chi connectivity index (χ1) is 3.66. The number of thiocarbonyl (C=S) groups is 1. The summed E-state index contributed by atoms with van der Waals surface area (Å²) in [6.07, 6.45) is -0.584. The zero-order valence-corrected chi connectivity index (χ0v) is 5.19. The van der Waals surface area contributed by atoms with Crippen molar-refractivity contribution in [2.45, 2.75) is 12.5 Å². The molecule has 0 saturated heterocycles. The molecule has 0 aromatic carbocycles. The van der Waals surface area contributed by atoms with Gasteiger partial charge in [-0.05, 0) is 0 Å². The number of aliphatic hydroxyl groups is 2. The molecule has 0 bridgehead atoms. The van der Waals surface area contributed by atoms with Gasteiger partial charge in [-0.25, -0.2) is 0 Å². The van der Waals surface area contributed by atoms with Crippen molar-refractivity contribution in [2.75, 3.05) is 6.61 Å². The van der Waals surface area contributed by atoms with E-state index in [1.165, 1.54) is 0 Å². The molecule has 8 heavy (non-hydrogen) atoms. The Kier molecular flexibility index (Phi) is 3.68. The molecule has 0 radical (unpaired) electrons. The van der Waals surface area contributed by atoms with E-state index in [2.05, 4.69) is 12.2 Å². The van der Waals surface area contributed by atoms with Crippen molar-refractivity contribution in [1.29, 1.82) is 0 Å². The van der Waals surface area contributed by atoms with E-state index in [9.17, 15) is 0 Å². The highest BCUT2D eigenvalue weighted by atomic mass is 32.1. The summed E-state index contributed by atoms with van der Waals surface area (Å²) in [4.78, 5) is 0.228. The fraction of sp³-hybridized carbons (Fsp3) is 0.750. The van der Waals surface area contributed by atoms with Gasteiger partial charge in [0.15, 0.2) is 0 Å². The molecule has 0 aliphatic rings. The molecule has 0 aliphatic carbocycles. The maximum Gasteiger partial charge on any atom is 0.0833 e. The van der Waals surface area contributed by atoms with Gasteiger partial charge < -0.3 is 15.9 Å². The topological polar surface area (TPSA) is 66.5 Å². The Hall–Kier alpha value is -0.190. The van der Waals surface area contributed by atoms with Crippen LogP contribution in [0, 0.1) is 0 Å². The summed E-state index contributed by atoms with van der Waals surface area (Å²) in [5.74, 6) is 0. The van der Waals surface area contributed by atoms with Crippen LogP contribution in [0.15, 0.2) is 0 Å². The lowest BCUT2D eigenvalue weighted by atomic mass is 10.3. The molecule has 0 amide bonds. The van der Waals surface area contributed by atoms with Gasteiger partial charge in [0.2, 0.25) is 0 Å². The van der Waals surface area contributed by atoms with Crippen LogP contribution in [-0.4, -0.2) is 27.9 Å². The van der Waals surface area contributed by atoms with Gasteiger partial charge in [-0.1, -0.05) is 12.2 Å². The van der Waals surface area contributed by atoms with Crippen LogP contribution in [0.25, 0.3) is 0 Å². The molecule has 3 nitrogen and oxygen atoms in total. The summed E-state index contributed by atoms with van der Waals surface area (Å²) in [5.41, 5.74) is 5.03. The lowest BCUT2D eigenvalue weighted by Crippen LogP contribution is -2.20. The maximum absolute atomic E-state index is 8.61. The summed E-state index contributed by atoms with van der Waals surface area (Å²) in [6.45, 7) is -0.280. The van der Waals surface area contributed by atoms with Crippen LogP contribution >= 0.6 is 12.2 Å². The Balaban J connectivity index is 3.24. The lowest BCUT2D eigenvalue weighted by Gasteiger charge is -2.02. The van der Waals surface area contributed by atoms with Crippen molar-refractivity contribution >= 4 is 17.2 Å². The summed E-state index contributed by atoms with van der Waals surface area (Å²) in [6, 6.07) is 0. The van der Waals surface area contributed by atoms with Gasteiger partial charge in [-0.3, -0.25) is 0 Å². The van der Waals surface area contributed by atoms with Gasteiger partial charge in [-0.2, -0.15) is 0 Å². The first-order valence-electron chi connectivity index (χ1n) is 2.24. The van der Waals surface area contributed by atoms with E-state index >= 15 is 0 Å². The molecule has 0 aromatic heterocycles. The maximum atomic E-state index is 8.61. The Bertz CT molecular complexity index is 86.1. The van der Waals surface area contributed by atoms with Crippen molar-refractivity contribution < 1.29 is 10.2 Å². The minimum absolute atomic E-state index is 0.200. The van der Waals surface area contributed by atoms with Crippen molar-refractivity contribution in [2.24, 2.45) is 5.73 Å². The highest BCUT2D eigenvalue weighted by Crippen LogP contribution is 1.87. The molecule has 48 valence electrons. The molecule has 0 rings (SSSR count). The number of hydrogen-bond acceptors (Lipinski definition) is 3. The molecule has 1 atom stereocenters. The van der Waals surface area contributed by atoms with E-state index in [-0.39, 0.29) is 18.0 Å². The van der Waals surface area contributed by atoms with E-state index in [0.717, 1.165) is 0 Å². The molecule has 0 aromatic rings. The average molecular weight is 135 g/mol. The minimum Gasteiger partial charge on any atom is -0.394 e. The molecular weight excluding hydrogens is 126 g/mol. The Morgan fingerprint density at radius 2 is 2.25 bits per heavy atom. The van der Waals surface area contributed by atoms with Gasteiger partial charge in [0, 0.05) is 6.42 Å². The third-order valence-corrected chi connectivity index (χ3v) is 0.814. The van der Waals surface area contributed by atoms with Gasteiger partial charge in [0.25, 0.3) is 0 Å². The quantitative estimate of drug-likeness (QED) is 0.435. The molecule has 4 N–H and O–H groups in total. The Morgan fingerprint density at radius 3 is 2.38 bits per heavy atom. The first-order valence-corrected chi connectivity index (χ1v) is 2.65. The predicted molar refractivity (Wildman–Crippen MR) is 34.5 cm³/mol. The van der Waals surface area contributed by atoms with Gasteiger partial charge >= 0.3 is 0 Å². The van der Waals surface area contributed by atoms with Crippen LogP contribution in [0.3, 0.4) is 0 Å². The van der Waals surface area contributed by atoms with E-state index in [1.807, 2.05) is 0 Å². The monoisotopic (exact) mass is 135 g/mol. The predicted octanol–water partition coefficient (Wildman–Crippen LogP) is -0.984. The zero-order chi connectivity index (χ0) is 6.57. The number of hydrogen-bond donors (Lipinski definition) is 3. The summed E-state index contributed by atoms with van der Waals surface area (Å²) in [5, 5.41) is 16.8.